The van der Waals surface area contributed by atoms with Crippen LogP contribution in [0.1, 0.15) is 0 Å². The monoisotopic (exact) mass is 1350 g/mol. The molecule has 0 nitrogen and oxygen atoms in total. The van der Waals surface area contributed by atoms with Gasteiger partial charge in [0.1, 0.15) is 0 Å². The van der Waals surface area contributed by atoms with Crippen molar-refractivity contribution < 1.29 is 0 Å². The molecule has 498 valence electrons. The predicted molar refractivity (Wildman–Crippen MR) is 465 cm³/mol. The molecule has 0 saturated carbocycles. The van der Waals surface area contributed by atoms with Crippen LogP contribution in [0, 0.1) is 0 Å². The first-order valence-electron chi connectivity index (χ1n) is 36.5. The summed E-state index contributed by atoms with van der Waals surface area (Å²) in [5, 5.41) is 42.9. The molecule has 0 radical (unpaired) electrons. The number of benzene rings is 24. The van der Waals surface area contributed by atoms with Gasteiger partial charge in [0, 0.05) is 0 Å². The van der Waals surface area contributed by atoms with E-state index in [0.717, 1.165) is 0 Å². The largest absolute Gasteiger partial charge is 0.0623 e. The Bertz CT molecular complexity index is 5970. The molecule has 0 heteroatoms. The van der Waals surface area contributed by atoms with Crippen LogP contribution in [0.15, 0.2) is 449 Å². The van der Waals surface area contributed by atoms with Gasteiger partial charge in [0.05, 0.1) is 0 Å². The minimum Gasteiger partial charge on any atom is -0.0623 e. The van der Waals surface area contributed by atoms with Crippen molar-refractivity contribution in [2.75, 3.05) is 0 Å². The molecule has 24 aromatic carbocycles. The molecule has 24 rings (SSSR count). The zero-order valence-corrected chi connectivity index (χ0v) is 58.7. The summed E-state index contributed by atoms with van der Waals surface area (Å²) in [5.41, 5.74) is 0. The molecule has 0 fully saturated rings. The molecule has 0 aliphatic carbocycles. The lowest BCUT2D eigenvalue weighted by Gasteiger charge is -2.13. The van der Waals surface area contributed by atoms with Crippen LogP contribution in [-0.2, 0) is 0 Å². The van der Waals surface area contributed by atoms with Gasteiger partial charge >= 0.3 is 0 Å². The van der Waals surface area contributed by atoms with Crippen molar-refractivity contribution in [3.8, 4) is 0 Å². The maximum atomic E-state index is 2.25. The number of fused-ring (bicyclic) bond motifs is 8. The second kappa shape index (κ2) is 30.4. The Morgan fingerprint density at radius 1 is 0.0755 bits per heavy atom. The second-order valence-corrected chi connectivity index (χ2v) is 26.9. The van der Waals surface area contributed by atoms with E-state index in [-0.39, 0.29) is 0 Å². The predicted octanol–water partition coefficient (Wildman–Crippen LogP) is 30.3. The average Bonchev–Trinajstić information content (AvgIpc) is 0.732. The van der Waals surface area contributed by atoms with Gasteiger partial charge < -0.3 is 0 Å². The quantitative estimate of drug-likeness (QED) is 0.105. The summed E-state index contributed by atoms with van der Waals surface area (Å²) in [5.74, 6) is 0. The first-order chi connectivity index (χ1) is 52.6. The molecule has 0 N–H and O–H groups in total. The Morgan fingerprint density at radius 2 is 0.198 bits per heavy atom. The zero-order valence-electron chi connectivity index (χ0n) is 58.7. The molecular formula is C106H74. The zero-order chi connectivity index (χ0) is 70.8. The van der Waals surface area contributed by atoms with Gasteiger partial charge in [-0.3, -0.25) is 0 Å². The van der Waals surface area contributed by atoms with Crippen molar-refractivity contribution in [2.24, 2.45) is 0 Å². The van der Waals surface area contributed by atoms with Gasteiger partial charge in [-0.25, -0.2) is 0 Å². The minimum absolute atomic E-state index is 1.31. The Balaban J connectivity index is 0.0000000907. The molecule has 0 aromatic heterocycles. The van der Waals surface area contributed by atoms with E-state index in [9.17, 15) is 0 Å². The number of rotatable bonds is 0. The summed E-state index contributed by atoms with van der Waals surface area (Å²) >= 11 is 0. The van der Waals surface area contributed by atoms with Gasteiger partial charge in [0.25, 0.3) is 0 Å². The Hall–Kier alpha value is -13.8. The van der Waals surface area contributed by atoms with E-state index in [1.807, 2.05) is 36.4 Å². The van der Waals surface area contributed by atoms with Crippen LogP contribution >= 0.6 is 0 Å². The van der Waals surface area contributed by atoms with Gasteiger partial charge in [-0.1, -0.05) is 425 Å². The van der Waals surface area contributed by atoms with Crippen LogP contribution in [0.3, 0.4) is 0 Å². The third kappa shape index (κ3) is 13.8. The van der Waals surface area contributed by atoms with Gasteiger partial charge in [-0.05, 0) is 197 Å². The SMILES string of the molecule is c1cc2ccc3cccc4ccc(c1)c2c34.c1cc2ccc3cccc4ccc(c1)c2c34.c1cc2cccc3c4cccc5cccc(c(c1)c23)c54.c1ccc2cc3ccccc3cc2c1.c1ccc2cc3ccccc3cc2c1.c1ccc2ccccc2c1.c1ccc2ccccc2c1.c1ccccc1. The molecule has 0 bridgehead atoms. The lowest BCUT2D eigenvalue weighted by molar-refractivity contribution is 1.72. The van der Waals surface area contributed by atoms with E-state index < -0.39 is 0 Å². The van der Waals surface area contributed by atoms with Crippen LogP contribution in [0.25, 0.3) is 172 Å². The van der Waals surface area contributed by atoms with E-state index in [4.69, 9.17) is 0 Å². The van der Waals surface area contributed by atoms with Crippen LogP contribution in [-0.4, -0.2) is 0 Å². The summed E-state index contributed by atoms with van der Waals surface area (Å²) in [4.78, 5) is 0. The molecule has 0 amide bonds. The smallest absolute Gasteiger partial charge is 0.00264 e. The highest BCUT2D eigenvalue weighted by Gasteiger charge is 2.13. The molecule has 0 heterocycles. The third-order valence-electron chi connectivity index (χ3n) is 20.4. The first kappa shape index (κ1) is 65.5. The highest BCUT2D eigenvalue weighted by atomic mass is 14.2. The van der Waals surface area contributed by atoms with E-state index >= 15 is 0 Å². The van der Waals surface area contributed by atoms with Gasteiger partial charge in [-0.2, -0.15) is 0 Å². The molecule has 24 aromatic rings. The Morgan fingerprint density at radius 3 is 0.358 bits per heavy atom. The highest BCUT2D eigenvalue weighted by molar-refractivity contribution is 6.33. The normalized spacial score (nSPS) is 11.0. The van der Waals surface area contributed by atoms with Crippen LogP contribution in [0.5, 0.6) is 0 Å². The second-order valence-electron chi connectivity index (χ2n) is 26.9. The van der Waals surface area contributed by atoms with Crippen molar-refractivity contribution in [2.45, 2.75) is 0 Å². The van der Waals surface area contributed by atoms with Crippen LogP contribution < -0.4 is 0 Å². The fraction of sp³-hybridized carbons (Fsp3) is 0. The van der Waals surface area contributed by atoms with Crippen LogP contribution in [0.4, 0.5) is 0 Å². The number of hydrogen-bond acceptors (Lipinski definition) is 0. The molecule has 0 saturated heterocycles. The molecular weight excluding hydrogens is 1270 g/mol. The third-order valence-corrected chi connectivity index (χ3v) is 20.4. The topological polar surface area (TPSA) is 0 Å². The Labute approximate surface area is 617 Å². The molecule has 0 aliphatic heterocycles. The van der Waals surface area contributed by atoms with Crippen molar-refractivity contribution in [3.63, 3.8) is 0 Å². The molecule has 0 atom stereocenters. The van der Waals surface area contributed by atoms with Crippen molar-refractivity contribution in [1.29, 1.82) is 0 Å². The average molecular weight is 1350 g/mol. The molecule has 0 spiro atoms. The van der Waals surface area contributed by atoms with Crippen molar-refractivity contribution in [3.05, 3.63) is 449 Å². The van der Waals surface area contributed by atoms with E-state index in [2.05, 4.69) is 413 Å². The maximum absolute atomic E-state index is 2.25. The van der Waals surface area contributed by atoms with Crippen molar-refractivity contribution in [1.82, 2.24) is 0 Å². The summed E-state index contributed by atoms with van der Waals surface area (Å²) in [6.45, 7) is 0. The molecule has 0 unspecified atom stereocenters. The van der Waals surface area contributed by atoms with Crippen molar-refractivity contribution >= 4 is 172 Å². The maximum Gasteiger partial charge on any atom is -0.00264 e. The lowest BCUT2D eigenvalue weighted by atomic mass is 9.90. The fourth-order valence-electron chi connectivity index (χ4n) is 15.3. The van der Waals surface area contributed by atoms with E-state index in [1.54, 1.807) is 0 Å². The van der Waals surface area contributed by atoms with Crippen LogP contribution in [0.2, 0.25) is 0 Å². The summed E-state index contributed by atoms with van der Waals surface area (Å²) < 4.78 is 0. The van der Waals surface area contributed by atoms with Gasteiger partial charge in [0.2, 0.25) is 0 Å². The fourth-order valence-corrected chi connectivity index (χ4v) is 15.3. The van der Waals surface area contributed by atoms with E-state index in [1.165, 1.54) is 172 Å². The highest BCUT2D eigenvalue weighted by Crippen LogP contribution is 2.41. The van der Waals surface area contributed by atoms with E-state index in [0.29, 0.717) is 0 Å². The molecule has 0 aliphatic rings. The number of hydrogen-bond donors (Lipinski definition) is 0. The van der Waals surface area contributed by atoms with Gasteiger partial charge in [0.15, 0.2) is 0 Å². The summed E-state index contributed by atoms with van der Waals surface area (Å²) in [6.07, 6.45) is 0. The minimum atomic E-state index is 1.31. The first-order valence-corrected chi connectivity index (χ1v) is 36.5. The lowest BCUT2D eigenvalue weighted by Crippen LogP contribution is -1.85. The van der Waals surface area contributed by atoms with Gasteiger partial charge in [-0.15, -0.1) is 0 Å². The Kier molecular flexibility index (Phi) is 18.8. The molecule has 106 heavy (non-hydrogen) atoms. The standard InChI is InChI=1S/C20H12.2C16H10.2C14H10.2C10H8.C6H6/c1-5-13-6-2-11-17-18-12-4-8-14-7-3-10-16(20(14)18)15(9-1)19(13)17;2*1-3-11-7-9-13-5-2-6-14-10-8-12(4-1)15(11)16(13)14;2*1-2-6-12-10-14-8-4-3-7-13(14)9-11(12)5-1;2*1-2-6-10-8-4-3-7-9(10)5-1;1-2-4-6-5-3-1/h1-12H;2*1-10H;2*1-10H;2*1-8H;1-6H. The summed E-state index contributed by atoms with van der Waals surface area (Å²) in [7, 11) is 0. The summed E-state index contributed by atoms with van der Waals surface area (Å²) in [6, 6.07) is 158.